The summed E-state index contributed by atoms with van der Waals surface area (Å²) in [7, 11) is 0. The van der Waals surface area contributed by atoms with Gasteiger partial charge in [-0.25, -0.2) is 9.97 Å². The van der Waals surface area contributed by atoms with Gasteiger partial charge in [0.05, 0.1) is 11.3 Å². The molecule has 1 unspecified atom stereocenters. The van der Waals surface area contributed by atoms with Crippen LogP contribution in [0.5, 0.6) is 0 Å². The van der Waals surface area contributed by atoms with E-state index in [1.165, 1.54) is 10.4 Å². The fourth-order valence-corrected chi connectivity index (χ4v) is 3.60. The van der Waals surface area contributed by atoms with Crippen LogP contribution in [-0.2, 0) is 4.79 Å². The Morgan fingerprint density at radius 2 is 2.15 bits per heavy atom. The van der Waals surface area contributed by atoms with Crippen molar-refractivity contribution in [1.82, 2.24) is 9.97 Å². The molecule has 3 rings (SSSR count). The van der Waals surface area contributed by atoms with E-state index >= 15 is 0 Å². The largest absolute Gasteiger partial charge is 0.481 e. The molecule has 106 valence electrons. The second-order valence-electron chi connectivity index (χ2n) is 5.45. The van der Waals surface area contributed by atoms with Crippen molar-refractivity contribution in [2.45, 2.75) is 20.8 Å². The van der Waals surface area contributed by atoms with Gasteiger partial charge in [0.2, 0.25) is 0 Å². The Kier molecular flexibility index (Phi) is 3.12. The zero-order valence-corrected chi connectivity index (χ0v) is 12.6. The number of aromatic nitrogens is 2. The first-order valence-corrected chi connectivity index (χ1v) is 7.49. The quantitative estimate of drug-likeness (QED) is 0.941. The molecular formula is C14H17N3O2S. The zero-order chi connectivity index (χ0) is 14.4. The van der Waals surface area contributed by atoms with Crippen LogP contribution in [0, 0.1) is 25.7 Å². The number of aliphatic carboxylic acids is 1. The summed E-state index contributed by atoms with van der Waals surface area (Å²) in [6.45, 7) is 7.48. The van der Waals surface area contributed by atoms with Crippen molar-refractivity contribution in [1.29, 1.82) is 0 Å². The maximum atomic E-state index is 11.0. The summed E-state index contributed by atoms with van der Waals surface area (Å²) >= 11 is 1.69. The van der Waals surface area contributed by atoms with Crippen LogP contribution in [0.4, 0.5) is 5.82 Å². The molecule has 1 saturated heterocycles. The van der Waals surface area contributed by atoms with Gasteiger partial charge in [0, 0.05) is 23.9 Å². The number of thiophene rings is 1. The molecule has 20 heavy (non-hydrogen) atoms. The predicted molar refractivity (Wildman–Crippen MR) is 79.4 cm³/mol. The second kappa shape index (κ2) is 4.70. The highest BCUT2D eigenvalue weighted by Crippen LogP contribution is 2.37. The molecular weight excluding hydrogens is 274 g/mol. The Morgan fingerprint density at radius 3 is 2.80 bits per heavy atom. The molecule has 1 aliphatic heterocycles. The summed E-state index contributed by atoms with van der Waals surface area (Å²) in [5.41, 5.74) is 1.23. The molecule has 0 aromatic carbocycles. The van der Waals surface area contributed by atoms with Gasteiger partial charge >= 0.3 is 5.97 Å². The number of fused-ring (bicyclic) bond motifs is 1. The van der Waals surface area contributed by atoms with Crippen LogP contribution in [0.2, 0.25) is 0 Å². The Bertz CT molecular complexity index is 676. The Hall–Kier alpha value is -1.69. The molecule has 0 spiro atoms. The van der Waals surface area contributed by atoms with Crippen molar-refractivity contribution in [2.75, 3.05) is 18.0 Å². The average molecular weight is 291 g/mol. The molecule has 2 aromatic rings. The van der Waals surface area contributed by atoms with Crippen LogP contribution >= 0.6 is 11.3 Å². The molecule has 1 fully saturated rings. The van der Waals surface area contributed by atoms with Gasteiger partial charge in [0.25, 0.3) is 0 Å². The van der Waals surface area contributed by atoms with E-state index in [2.05, 4.69) is 28.7 Å². The third kappa shape index (κ3) is 1.95. The van der Waals surface area contributed by atoms with E-state index in [1.807, 2.05) is 0 Å². The van der Waals surface area contributed by atoms with Gasteiger partial charge in [0.15, 0.2) is 0 Å². The zero-order valence-electron chi connectivity index (χ0n) is 11.8. The van der Waals surface area contributed by atoms with E-state index in [9.17, 15) is 4.79 Å². The molecule has 1 atom stereocenters. The Morgan fingerprint density at radius 1 is 1.45 bits per heavy atom. The lowest BCUT2D eigenvalue weighted by molar-refractivity contribution is -0.143. The van der Waals surface area contributed by atoms with Gasteiger partial charge in [-0.1, -0.05) is 6.92 Å². The van der Waals surface area contributed by atoms with Crippen molar-refractivity contribution in [3.05, 3.63) is 16.8 Å². The highest BCUT2D eigenvalue weighted by Gasteiger charge is 2.36. The summed E-state index contributed by atoms with van der Waals surface area (Å²) in [5, 5.41) is 10.2. The number of aryl methyl sites for hydroxylation is 2. The van der Waals surface area contributed by atoms with Gasteiger partial charge in [-0.3, -0.25) is 4.79 Å². The number of carbonyl (C=O) groups is 1. The number of anilines is 1. The minimum atomic E-state index is -0.718. The maximum absolute atomic E-state index is 11.0. The van der Waals surface area contributed by atoms with E-state index in [-0.39, 0.29) is 11.8 Å². The van der Waals surface area contributed by atoms with Gasteiger partial charge in [-0.2, -0.15) is 0 Å². The fourth-order valence-electron chi connectivity index (χ4n) is 2.61. The summed E-state index contributed by atoms with van der Waals surface area (Å²) < 4.78 is 0. The van der Waals surface area contributed by atoms with Crippen LogP contribution in [0.1, 0.15) is 17.4 Å². The summed E-state index contributed by atoms with van der Waals surface area (Å²) in [5.74, 6) is 0.141. The SMILES string of the molecule is Cc1sc2ncnc(N3CC(C(C)C(=O)O)C3)c2c1C. The molecule has 0 radical (unpaired) electrons. The van der Waals surface area contributed by atoms with Crippen molar-refractivity contribution < 1.29 is 9.90 Å². The number of hydrogen-bond acceptors (Lipinski definition) is 5. The van der Waals surface area contributed by atoms with Gasteiger partial charge < -0.3 is 10.0 Å². The molecule has 0 amide bonds. The van der Waals surface area contributed by atoms with Crippen LogP contribution in [0.15, 0.2) is 6.33 Å². The third-order valence-electron chi connectivity index (χ3n) is 4.25. The number of rotatable bonds is 3. The molecule has 6 heteroatoms. The monoisotopic (exact) mass is 291 g/mol. The number of carboxylic acids is 1. The highest BCUT2D eigenvalue weighted by atomic mass is 32.1. The van der Waals surface area contributed by atoms with Crippen LogP contribution in [0.3, 0.4) is 0 Å². The van der Waals surface area contributed by atoms with E-state index < -0.39 is 5.97 Å². The number of hydrogen-bond donors (Lipinski definition) is 1. The molecule has 5 nitrogen and oxygen atoms in total. The van der Waals surface area contributed by atoms with E-state index in [4.69, 9.17) is 5.11 Å². The van der Waals surface area contributed by atoms with Gasteiger partial charge in [0.1, 0.15) is 17.0 Å². The first-order valence-electron chi connectivity index (χ1n) is 6.67. The first kappa shape index (κ1) is 13.3. The lowest BCUT2D eigenvalue weighted by Crippen LogP contribution is -2.51. The molecule has 1 N–H and O–H groups in total. The summed E-state index contributed by atoms with van der Waals surface area (Å²) in [4.78, 5) is 24.2. The van der Waals surface area contributed by atoms with Crippen LogP contribution < -0.4 is 4.90 Å². The molecule has 3 heterocycles. The standard InChI is InChI=1S/C14H17N3O2S/c1-7-9(3)20-13-11(7)12(15-6-16-13)17-4-10(5-17)8(2)14(18)19/h6,8,10H,4-5H2,1-3H3,(H,18,19). The third-order valence-corrected chi connectivity index (χ3v) is 5.37. The predicted octanol–water partition coefficient (Wildman–Crippen LogP) is 2.47. The smallest absolute Gasteiger partial charge is 0.306 e. The van der Waals surface area contributed by atoms with E-state index in [1.54, 1.807) is 24.6 Å². The molecule has 0 bridgehead atoms. The van der Waals surface area contributed by atoms with Gasteiger partial charge in [-0.15, -0.1) is 11.3 Å². The molecule has 0 saturated carbocycles. The van der Waals surface area contributed by atoms with Crippen molar-refractivity contribution in [3.63, 3.8) is 0 Å². The number of carboxylic acid groups (broad SMARTS) is 1. The first-order chi connectivity index (χ1) is 9.49. The van der Waals surface area contributed by atoms with Crippen molar-refractivity contribution in [2.24, 2.45) is 11.8 Å². The van der Waals surface area contributed by atoms with E-state index in [0.717, 1.165) is 29.1 Å². The fraction of sp³-hybridized carbons (Fsp3) is 0.500. The molecule has 2 aromatic heterocycles. The minimum Gasteiger partial charge on any atom is -0.481 e. The molecule has 1 aliphatic rings. The Balaban J connectivity index is 1.88. The second-order valence-corrected chi connectivity index (χ2v) is 6.66. The van der Waals surface area contributed by atoms with Gasteiger partial charge in [-0.05, 0) is 19.4 Å². The topological polar surface area (TPSA) is 66.3 Å². The summed E-state index contributed by atoms with van der Waals surface area (Å²) in [6.07, 6.45) is 1.60. The molecule has 0 aliphatic carbocycles. The maximum Gasteiger partial charge on any atom is 0.306 e. The Labute approximate surface area is 121 Å². The number of nitrogens with zero attached hydrogens (tertiary/aromatic N) is 3. The van der Waals surface area contributed by atoms with Crippen LogP contribution in [0.25, 0.3) is 10.2 Å². The highest BCUT2D eigenvalue weighted by molar-refractivity contribution is 7.18. The van der Waals surface area contributed by atoms with Crippen LogP contribution in [-0.4, -0.2) is 34.1 Å². The van der Waals surface area contributed by atoms with Crippen molar-refractivity contribution >= 4 is 33.3 Å². The minimum absolute atomic E-state index is 0.206. The van der Waals surface area contributed by atoms with E-state index in [0.29, 0.717) is 0 Å². The lowest BCUT2D eigenvalue weighted by atomic mass is 9.87. The summed E-state index contributed by atoms with van der Waals surface area (Å²) in [6, 6.07) is 0. The average Bonchev–Trinajstić information content (AvgIpc) is 2.64. The lowest BCUT2D eigenvalue weighted by Gasteiger charge is -2.42. The normalized spacial score (nSPS) is 17.2. The van der Waals surface area contributed by atoms with Crippen molar-refractivity contribution in [3.8, 4) is 0 Å².